The summed E-state index contributed by atoms with van der Waals surface area (Å²) < 4.78 is 36.4. The molecule has 0 aromatic rings. The third kappa shape index (κ3) is 8.76. The smallest absolute Gasteiger partial charge is 0.187 e. The van der Waals surface area contributed by atoms with Gasteiger partial charge in [0, 0.05) is 31.3 Å². The maximum absolute atomic E-state index is 13.8. The molecule has 0 radical (unpaired) electrons. The number of carbonyl (C=O) groups excluding carboxylic acids is 2. The van der Waals surface area contributed by atoms with Crippen LogP contribution in [0, 0.1) is 46.3 Å². The molecule has 3 saturated carbocycles. The van der Waals surface area contributed by atoms with Crippen LogP contribution in [0.1, 0.15) is 99.3 Å². The van der Waals surface area contributed by atoms with E-state index in [1.165, 1.54) is 19.4 Å². The first-order valence-electron chi connectivity index (χ1n) is 22.9. The zero-order chi connectivity index (χ0) is 45.2. The molecule has 24 atom stereocenters. The van der Waals surface area contributed by atoms with Crippen molar-refractivity contribution in [3.8, 4) is 0 Å². The second kappa shape index (κ2) is 19.0. The van der Waals surface area contributed by atoms with E-state index >= 15 is 0 Å². The lowest BCUT2D eigenvalue weighted by molar-refractivity contribution is -0.388. The number of carbonyl (C=O) groups is 2. The minimum absolute atomic E-state index is 0.0298. The van der Waals surface area contributed by atoms with Gasteiger partial charge in [0.2, 0.25) is 0 Å². The van der Waals surface area contributed by atoms with Crippen molar-refractivity contribution in [1.82, 2.24) is 0 Å². The Bertz CT molecular complexity index is 1610. The van der Waals surface area contributed by atoms with Gasteiger partial charge in [-0.1, -0.05) is 39.3 Å². The highest BCUT2D eigenvalue weighted by Gasteiger charge is 2.63. The zero-order valence-electron chi connectivity index (χ0n) is 36.8. The predicted octanol–water partition coefficient (Wildman–Crippen LogP) is 0.247. The van der Waals surface area contributed by atoms with Crippen molar-refractivity contribution in [2.45, 2.75) is 198 Å². The summed E-state index contributed by atoms with van der Waals surface area (Å²) in [7, 11) is 0. The number of hydrogen-bond donors (Lipinski definition) is 9. The number of aliphatic hydroxyl groups excluding tert-OH is 9. The fourth-order valence-corrected chi connectivity index (χ4v) is 12.5. The lowest BCUT2D eigenvalue weighted by Gasteiger charge is -2.58. The molecule has 3 unspecified atom stereocenters. The molecule has 3 heterocycles. The van der Waals surface area contributed by atoms with Gasteiger partial charge in [0.1, 0.15) is 72.6 Å². The number of fused-ring (bicyclic) bond motifs is 5. The van der Waals surface area contributed by atoms with Gasteiger partial charge in [0.05, 0.1) is 24.9 Å². The molecule has 9 N–H and O–H groups in total. The molecule has 4 aliphatic carbocycles. The second-order valence-corrected chi connectivity index (χ2v) is 20.3. The molecule has 0 aromatic heterocycles. The third-order valence-corrected chi connectivity index (χ3v) is 16.5. The molecule has 62 heavy (non-hydrogen) atoms. The van der Waals surface area contributed by atoms with E-state index in [0.29, 0.717) is 38.0 Å². The molecule has 7 aliphatic rings. The lowest BCUT2D eigenvalue weighted by Crippen LogP contribution is -2.66. The van der Waals surface area contributed by atoms with Crippen molar-refractivity contribution in [3.63, 3.8) is 0 Å². The Morgan fingerprint density at radius 2 is 1.37 bits per heavy atom. The first kappa shape index (κ1) is 48.4. The standard InChI is InChI=1S/C45H72O17/c1-19(17-46)7-10-28(48)20(2)31-29(49)16-27-25-9-8-23-15-24(11-13-44(23,5)26(25)12-14-45(27,31)6)59-43-40(62-42-37(55)35(53)33(51)22(4)58-42)38(56)39(30(18-47)60-43)61-41-36(54)34(52)32(50)21(3)57-41/h8,19-22,24-27,30-43,46-47,50-56H,7,9-18H2,1-6H3/t19-,20-,21+,22+,24+,25?,26?,27?,30-,31+,32+,33+,34-,35-,36-,37-,38+,39-,40-,41+,42+,43-,44+,45+/m1/s1. The van der Waals surface area contributed by atoms with E-state index in [0.717, 1.165) is 25.7 Å². The summed E-state index contributed by atoms with van der Waals surface area (Å²) in [5.74, 6) is 0.380. The maximum Gasteiger partial charge on any atom is 0.187 e. The van der Waals surface area contributed by atoms with E-state index in [4.69, 9.17) is 28.4 Å². The highest BCUT2D eigenvalue weighted by Crippen LogP contribution is 2.66. The zero-order valence-corrected chi connectivity index (χ0v) is 36.8. The number of ether oxygens (including phenoxy) is 6. The van der Waals surface area contributed by atoms with E-state index in [1.54, 1.807) is 0 Å². The first-order chi connectivity index (χ1) is 29.2. The van der Waals surface area contributed by atoms with Crippen LogP contribution >= 0.6 is 0 Å². The number of hydrogen-bond acceptors (Lipinski definition) is 17. The van der Waals surface area contributed by atoms with Crippen LogP contribution in [-0.2, 0) is 38.0 Å². The van der Waals surface area contributed by atoms with E-state index in [9.17, 15) is 55.5 Å². The van der Waals surface area contributed by atoms with Crippen molar-refractivity contribution in [2.24, 2.45) is 46.3 Å². The van der Waals surface area contributed by atoms with Crippen LogP contribution < -0.4 is 0 Å². The maximum atomic E-state index is 13.8. The molecule has 3 saturated heterocycles. The molecule has 0 amide bonds. The molecule has 6 fully saturated rings. The molecule has 354 valence electrons. The molecule has 3 aliphatic heterocycles. The van der Waals surface area contributed by atoms with Crippen LogP contribution in [0.5, 0.6) is 0 Å². The van der Waals surface area contributed by atoms with Crippen molar-refractivity contribution < 1.29 is 84.0 Å². The highest BCUT2D eigenvalue weighted by molar-refractivity contribution is 5.92. The van der Waals surface area contributed by atoms with Crippen LogP contribution in [0.4, 0.5) is 0 Å². The quantitative estimate of drug-likeness (QED) is 0.112. The topological polar surface area (TPSA) is 272 Å². The van der Waals surface area contributed by atoms with Gasteiger partial charge in [-0.15, -0.1) is 0 Å². The largest absolute Gasteiger partial charge is 0.396 e. The average Bonchev–Trinajstić information content (AvgIpc) is 3.52. The van der Waals surface area contributed by atoms with Gasteiger partial charge in [-0.3, -0.25) is 9.59 Å². The Morgan fingerprint density at radius 3 is 1.97 bits per heavy atom. The highest BCUT2D eigenvalue weighted by atomic mass is 16.8. The van der Waals surface area contributed by atoms with Gasteiger partial charge in [0.15, 0.2) is 18.9 Å². The SMILES string of the molecule is C[C@@H](CO)CCC(=O)[C@@H](C)[C@H]1C(=O)CC2C3CC=C4C[C@@H](O[C@@H]5O[C@H](CO)[C@@H](O[C@@H]6O[C@@H](C)[C@H](O)[C@@H](O)[C@H]6O)[C@H](O)[C@H]5O[C@@H]5O[C@@H](C)[C@H](O)[C@@H](O)[C@H]5O)CC[C@]4(C)C3CC[C@@]21C. The summed E-state index contributed by atoms with van der Waals surface area (Å²) in [4.78, 5) is 27.2. The minimum atomic E-state index is -1.74. The van der Waals surface area contributed by atoms with Gasteiger partial charge in [-0.25, -0.2) is 0 Å². The first-order valence-corrected chi connectivity index (χ1v) is 22.9. The van der Waals surface area contributed by atoms with Crippen LogP contribution in [0.3, 0.4) is 0 Å². The number of aliphatic hydroxyl groups is 9. The molecule has 7 rings (SSSR count). The van der Waals surface area contributed by atoms with Gasteiger partial charge in [-0.05, 0) is 93.3 Å². The van der Waals surface area contributed by atoms with Crippen molar-refractivity contribution in [2.75, 3.05) is 13.2 Å². The summed E-state index contributed by atoms with van der Waals surface area (Å²) >= 11 is 0. The van der Waals surface area contributed by atoms with Gasteiger partial charge in [0.25, 0.3) is 0 Å². The normalized spacial score (nSPS) is 50.5. The Morgan fingerprint density at radius 1 is 0.758 bits per heavy atom. The molecule has 0 spiro atoms. The fourth-order valence-electron chi connectivity index (χ4n) is 12.5. The van der Waals surface area contributed by atoms with Gasteiger partial charge in [-0.2, -0.15) is 0 Å². The fraction of sp³-hybridized carbons (Fsp3) is 0.911. The Balaban J connectivity index is 1.08. The Hall–Kier alpha value is -1.52. The second-order valence-electron chi connectivity index (χ2n) is 20.3. The Kier molecular flexibility index (Phi) is 14.8. The minimum Gasteiger partial charge on any atom is -0.396 e. The number of ketones is 2. The van der Waals surface area contributed by atoms with E-state index in [2.05, 4.69) is 19.9 Å². The molecule has 17 heteroatoms. The monoisotopic (exact) mass is 884 g/mol. The summed E-state index contributed by atoms with van der Waals surface area (Å²) in [5.41, 5.74) is 0.773. The van der Waals surface area contributed by atoms with Crippen molar-refractivity contribution in [3.05, 3.63) is 11.6 Å². The number of allylic oxidation sites excluding steroid dienone is 1. The number of rotatable bonds is 13. The molecule has 0 bridgehead atoms. The molecular weight excluding hydrogens is 812 g/mol. The lowest BCUT2D eigenvalue weighted by atomic mass is 9.47. The van der Waals surface area contributed by atoms with Crippen LogP contribution in [0.2, 0.25) is 0 Å². The van der Waals surface area contributed by atoms with Gasteiger partial charge >= 0.3 is 0 Å². The van der Waals surface area contributed by atoms with Crippen LogP contribution in [0.15, 0.2) is 11.6 Å². The predicted molar refractivity (Wildman–Crippen MR) is 216 cm³/mol. The van der Waals surface area contributed by atoms with E-state index in [1.807, 2.05) is 13.8 Å². The van der Waals surface area contributed by atoms with Crippen molar-refractivity contribution >= 4 is 11.6 Å². The van der Waals surface area contributed by atoms with Crippen LogP contribution in [0.25, 0.3) is 0 Å². The van der Waals surface area contributed by atoms with Crippen molar-refractivity contribution in [1.29, 1.82) is 0 Å². The Labute approximate surface area is 363 Å². The summed E-state index contributed by atoms with van der Waals surface area (Å²) in [6, 6.07) is 0. The third-order valence-electron chi connectivity index (χ3n) is 16.5. The van der Waals surface area contributed by atoms with E-state index in [-0.39, 0.29) is 58.6 Å². The molecule has 17 nitrogen and oxygen atoms in total. The van der Waals surface area contributed by atoms with Crippen LogP contribution in [-0.4, -0.2) is 169 Å². The summed E-state index contributed by atoms with van der Waals surface area (Å²) in [6.45, 7) is 10.7. The summed E-state index contributed by atoms with van der Waals surface area (Å²) in [5, 5.41) is 95.2. The average molecular weight is 885 g/mol. The summed E-state index contributed by atoms with van der Waals surface area (Å²) in [6.07, 6.45) is -14.3. The number of Topliss-reactive ketones (excluding diaryl/α,β-unsaturated/α-hetero) is 2. The molecule has 0 aromatic carbocycles. The van der Waals surface area contributed by atoms with E-state index < -0.39 is 105 Å². The van der Waals surface area contributed by atoms with Gasteiger partial charge < -0.3 is 74.4 Å². The molecular formula is C45H72O17.